The zero-order valence-electron chi connectivity index (χ0n) is 10.8. The summed E-state index contributed by atoms with van der Waals surface area (Å²) >= 11 is 5.51. The summed E-state index contributed by atoms with van der Waals surface area (Å²) in [4.78, 5) is 11.7. The Morgan fingerprint density at radius 3 is 2.67 bits per heavy atom. The first-order valence-corrected chi connectivity index (χ1v) is 6.22. The van der Waals surface area contributed by atoms with E-state index in [2.05, 4.69) is 10.5 Å². The number of rotatable bonds is 3. The minimum atomic E-state index is -4.54. The first kappa shape index (κ1) is 15.4. The van der Waals surface area contributed by atoms with Crippen molar-refractivity contribution in [3.05, 3.63) is 51.9 Å². The number of hydrogen-bond donors (Lipinski definition) is 1. The monoisotopic (exact) mass is 318 g/mol. The van der Waals surface area contributed by atoms with E-state index in [1.165, 1.54) is 12.1 Å². The van der Waals surface area contributed by atoms with Gasteiger partial charge in [-0.1, -0.05) is 22.8 Å². The van der Waals surface area contributed by atoms with Gasteiger partial charge in [-0.05, 0) is 24.6 Å². The lowest BCUT2D eigenvalue weighted by Crippen LogP contribution is -2.23. The predicted octanol–water partition coefficient (Wildman–Crippen LogP) is 3.59. The highest BCUT2D eigenvalue weighted by Gasteiger charge is 2.33. The normalized spacial score (nSPS) is 11.5. The summed E-state index contributed by atoms with van der Waals surface area (Å²) in [5.74, 6) is -0.0682. The fraction of sp³-hybridized carbons (Fsp3) is 0.231. The van der Waals surface area contributed by atoms with Crippen LogP contribution in [0, 0.1) is 6.92 Å². The van der Waals surface area contributed by atoms with Crippen LogP contribution < -0.4 is 5.32 Å². The highest BCUT2D eigenvalue weighted by Crippen LogP contribution is 2.35. The molecule has 0 radical (unpaired) electrons. The van der Waals surface area contributed by atoms with E-state index in [0.29, 0.717) is 5.76 Å². The highest BCUT2D eigenvalue weighted by atomic mass is 35.5. The molecule has 1 amide bonds. The van der Waals surface area contributed by atoms with Gasteiger partial charge in [-0.25, -0.2) is 0 Å². The molecule has 2 aromatic rings. The maximum Gasteiger partial charge on any atom is 0.417 e. The number of amides is 1. The van der Waals surface area contributed by atoms with Crippen LogP contribution in [0.5, 0.6) is 0 Å². The van der Waals surface area contributed by atoms with Gasteiger partial charge >= 0.3 is 6.18 Å². The molecule has 0 spiro atoms. The summed E-state index contributed by atoms with van der Waals surface area (Å²) in [6.07, 6.45) is -4.54. The molecule has 1 N–H and O–H groups in total. The molecule has 112 valence electrons. The van der Waals surface area contributed by atoms with Crippen molar-refractivity contribution in [2.24, 2.45) is 0 Å². The SMILES string of the molecule is Cc1cc(C(=O)NCc2ccc(Cl)c(C(F)(F)F)c2)no1. The van der Waals surface area contributed by atoms with Crippen molar-refractivity contribution >= 4 is 17.5 Å². The number of aryl methyl sites for hydroxylation is 1. The lowest BCUT2D eigenvalue weighted by molar-refractivity contribution is -0.137. The topological polar surface area (TPSA) is 55.1 Å². The van der Waals surface area contributed by atoms with E-state index in [9.17, 15) is 18.0 Å². The van der Waals surface area contributed by atoms with Crippen molar-refractivity contribution in [3.63, 3.8) is 0 Å². The Balaban J connectivity index is 2.09. The van der Waals surface area contributed by atoms with E-state index in [1.54, 1.807) is 6.92 Å². The van der Waals surface area contributed by atoms with Gasteiger partial charge < -0.3 is 9.84 Å². The van der Waals surface area contributed by atoms with Crippen LogP contribution >= 0.6 is 11.6 Å². The number of aromatic nitrogens is 1. The van der Waals surface area contributed by atoms with Gasteiger partial charge in [-0.3, -0.25) is 4.79 Å². The second-order valence-corrected chi connectivity index (χ2v) is 4.72. The summed E-state index contributed by atoms with van der Waals surface area (Å²) in [7, 11) is 0. The Bertz CT molecular complexity index is 668. The molecule has 1 aromatic carbocycles. The van der Waals surface area contributed by atoms with Crippen molar-refractivity contribution in [3.8, 4) is 0 Å². The molecule has 0 bridgehead atoms. The second kappa shape index (κ2) is 5.77. The summed E-state index contributed by atoms with van der Waals surface area (Å²) in [5.41, 5.74) is -0.592. The van der Waals surface area contributed by atoms with Crippen LogP contribution in [0.4, 0.5) is 13.2 Å². The van der Waals surface area contributed by atoms with Crippen LogP contribution in [0.15, 0.2) is 28.8 Å². The van der Waals surface area contributed by atoms with Crippen LogP contribution in [0.25, 0.3) is 0 Å². The molecule has 0 saturated carbocycles. The maximum absolute atomic E-state index is 12.7. The number of carbonyl (C=O) groups excluding carboxylic acids is 1. The average Bonchev–Trinajstić information content (AvgIpc) is 2.83. The van der Waals surface area contributed by atoms with Crippen LogP contribution in [0.3, 0.4) is 0 Å². The molecule has 0 fully saturated rings. The van der Waals surface area contributed by atoms with Crippen molar-refractivity contribution in [2.75, 3.05) is 0 Å². The Hall–Kier alpha value is -2.02. The lowest BCUT2D eigenvalue weighted by atomic mass is 10.1. The largest absolute Gasteiger partial charge is 0.417 e. The molecule has 0 aliphatic rings. The third kappa shape index (κ3) is 3.75. The molecule has 0 aliphatic heterocycles. The molecule has 4 nitrogen and oxygen atoms in total. The van der Waals surface area contributed by atoms with Crippen molar-refractivity contribution < 1.29 is 22.5 Å². The number of hydrogen-bond acceptors (Lipinski definition) is 3. The minimum absolute atomic E-state index is 0.0671. The van der Waals surface area contributed by atoms with Crippen LogP contribution in [0.1, 0.15) is 27.4 Å². The Labute approximate surface area is 122 Å². The summed E-state index contributed by atoms with van der Waals surface area (Å²) in [5, 5.41) is 5.58. The fourth-order valence-electron chi connectivity index (χ4n) is 1.65. The summed E-state index contributed by atoms with van der Waals surface area (Å²) in [6, 6.07) is 4.88. The third-order valence-corrected chi connectivity index (χ3v) is 2.98. The fourth-order valence-corrected chi connectivity index (χ4v) is 1.87. The van der Waals surface area contributed by atoms with Crippen molar-refractivity contribution in [1.29, 1.82) is 0 Å². The predicted molar refractivity (Wildman–Crippen MR) is 68.9 cm³/mol. The van der Waals surface area contributed by atoms with E-state index < -0.39 is 17.6 Å². The smallest absolute Gasteiger partial charge is 0.361 e. The molecule has 0 atom stereocenters. The van der Waals surface area contributed by atoms with E-state index in [-0.39, 0.29) is 22.8 Å². The van der Waals surface area contributed by atoms with Gasteiger partial charge in [0.15, 0.2) is 5.69 Å². The molecular weight excluding hydrogens is 309 g/mol. The van der Waals surface area contributed by atoms with Gasteiger partial charge in [-0.15, -0.1) is 0 Å². The quantitative estimate of drug-likeness (QED) is 0.941. The van der Waals surface area contributed by atoms with E-state index in [1.807, 2.05) is 0 Å². The number of carbonyl (C=O) groups is 1. The van der Waals surface area contributed by atoms with Gasteiger partial charge in [0.1, 0.15) is 5.76 Å². The molecule has 2 rings (SSSR count). The van der Waals surface area contributed by atoms with Crippen molar-refractivity contribution in [1.82, 2.24) is 10.5 Å². The zero-order valence-corrected chi connectivity index (χ0v) is 11.5. The van der Waals surface area contributed by atoms with Gasteiger partial charge in [-0.2, -0.15) is 13.2 Å². The lowest BCUT2D eigenvalue weighted by Gasteiger charge is -2.11. The standard InChI is InChI=1S/C13H10ClF3N2O2/c1-7-4-11(19-21-7)12(20)18-6-8-2-3-10(14)9(5-8)13(15,16)17/h2-5H,6H2,1H3,(H,18,20). The van der Waals surface area contributed by atoms with E-state index >= 15 is 0 Å². The summed E-state index contributed by atoms with van der Waals surface area (Å²) < 4.78 is 42.8. The average molecular weight is 319 g/mol. The van der Waals surface area contributed by atoms with Gasteiger partial charge in [0, 0.05) is 12.6 Å². The molecule has 0 unspecified atom stereocenters. The Morgan fingerprint density at radius 2 is 2.10 bits per heavy atom. The number of benzene rings is 1. The highest BCUT2D eigenvalue weighted by molar-refractivity contribution is 6.31. The number of nitrogens with one attached hydrogen (secondary N) is 1. The molecule has 1 heterocycles. The van der Waals surface area contributed by atoms with Crippen LogP contribution in [-0.2, 0) is 12.7 Å². The molecule has 0 aliphatic carbocycles. The second-order valence-electron chi connectivity index (χ2n) is 4.32. The number of alkyl halides is 3. The number of halogens is 4. The Morgan fingerprint density at radius 1 is 1.38 bits per heavy atom. The molecule has 0 saturated heterocycles. The first-order valence-electron chi connectivity index (χ1n) is 5.84. The molecule has 1 aromatic heterocycles. The van der Waals surface area contributed by atoms with Gasteiger partial charge in [0.05, 0.1) is 10.6 Å². The van der Waals surface area contributed by atoms with Gasteiger partial charge in [0.25, 0.3) is 5.91 Å². The summed E-state index contributed by atoms with van der Waals surface area (Å²) in [6.45, 7) is 1.55. The molecular formula is C13H10ClF3N2O2. The van der Waals surface area contributed by atoms with E-state index in [4.69, 9.17) is 16.1 Å². The zero-order chi connectivity index (χ0) is 15.6. The number of nitrogens with zero attached hydrogens (tertiary/aromatic N) is 1. The van der Waals surface area contributed by atoms with Crippen LogP contribution in [0.2, 0.25) is 5.02 Å². The Kier molecular flexibility index (Phi) is 4.22. The minimum Gasteiger partial charge on any atom is -0.361 e. The molecule has 21 heavy (non-hydrogen) atoms. The van der Waals surface area contributed by atoms with E-state index in [0.717, 1.165) is 12.1 Å². The third-order valence-electron chi connectivity index (χ3n) is 2.65. The maximum atomic E-state index is 12.7. The first-order chi connectivity index (χ1) is 9.77. The molecule has 8 heteroatoms. The van der Waals surface area contributed by atoms with Crippen LogP contribution in [-0.4, -0.2) is 11.1 Å². The van der Waals surface area contributed by atoms with Gasteiger partial charge in [0.2, 0.25) is 0 Å². The van der Waals surface area contributed by atoms with Crippen molar-refractivity contribution in [2.45, 2.75) is 19.6 Å².